The molecule has 1 aliphatic rings. The Labute approximate surface area is 188 Å². The quantitative estimate of drug-likeness (QED) is 0.133. The molecule has 0 bridgehead atoms. The first-order valence-electron chi connectivity index (χ1n) is 12.4. The van der Waals surface area contributed by atoms with Gasteiger partial charge in [-0.1, -0.05) is 51.7 Å². The maximum absolute atomic E-state index is 5.57. The Hall–Kier alpha value is -0.800. The van der Waals surface area contributed by atoms with Crippen molar-refractivity contribution in [3.05, 3.63) is 24.5 Å². The molecular weight excluding hydrogens is 368 g/mol. The van der Waals surface area contributed by atoms with E-state index >= 15 is 0 Å². The minimum atomic E-state index is 0.243. The van der Waals surface area contributed by atoms with Crippen LogP contribution in [0.3, 0.4) is 0 Å². The molecule has 0 radical (unpaired) electrons. The van der Waals surface area contributed by atoms with Crippen LogP contribution in [0.4, 0.5) is 0 Å². The Morgan fingerprint density at radius 1 is 0.833 bits per heavy atom. The van der Waals surface area contributed by atoms with Crippen molar-refractivity contribution in [2.75, 3.05) is 27.2 Å². The van der Waals surface area contributed by atoms with Crippen LogP contribution in [0.1, 0.15) is 105 Å². The Morgan fingerprint density at radius 2 is 1.27 bits per heavy atom. The van der Waals surface area contributed by atoms with Crippen molar-refractivity contribution < 1.29 is 9.22 Å². The second kappa shape index (κ2) is 12.3. The molecule has 3 heteroatoms. The van der Waals surface area contributed by atoms with Crippen LogP contribution < -0.4 is 5.32 Å². The first kappa shape index (κ1) is 27.2. The fourth-order valence-electron chi connectivity index (χ4n) is 5.12. The molecule has 0 aromatic heterocycles. The molecule has 0 saturated carbocycles. The lowest BCUT2D eigenvalue weighted by molar-refractivity contribution is -0.917. The number of hydrogen-bond acceptors (Lipinski definition) is 2. The lowest BCUT2D eigenvalue weighted by atomic mass is 9.78. The summed E-state index contributed by atoms with van der Waals surface area (Å²) in [6.45, 7) is 21.2. The molecule has 1 heterocycles. The predicted molar refractivity (Wildman–Crippen MR) is 133 cm³/mol. The summed E-state index contributed by atoms with van der Waals surface area (Å²) in [4.78, 5) is 0. The van der Waals surface area contributed by atoms with Gasteiger partial charge in [-0.2, -0.15) is 0 Å². The van der Waals surface area contributed by atoms with Gasteiger partial charge in [0.1, 0.15) is 5.76 Å². The number of unbranched alkanes of at least 4 members (excludes halogenated alkanes) is 8. The van der Waals surface area contributed by atoms with Crippen molar-refractivity contribution in [2.24, 2.45) is 0 Å². The van der Waals surface area contributed by atoms with Gasteiger partial charge in [-0.15, -0.1) is 0 Å². The molecule has 1 fully saturated rings. The fraction of sp³-hybridized carbons (Fsp3) is 0.852. The standard InChI is InChI=1S/C27H53N2O/c1-23(2)24(3)30-20-18-16-14-12-10-11-13-15-17-19-29(8,9)25-21-26(4,5)28-27(6,7)22-25/h25,28H,1,3,10-22H2,2,4-9H3/q+1. The third kappa shape index (κ3) is 11.0. The second-order valence-corrected chi connectivity index (χ2v) is 11.7. The summed E-state index contributed by atoms with van der Waals surface area (Å²) < 4.78 is 6.75. The van der Waals surface area contributed by atoms with Crippen molar-refractivity contribution in [3.63, 3.8) is 0 Å². The highest BCUT2D eigenvalue weighted by atomic mass is 16.5. The van der Waals surface area contributed by atoms with Crippen molar-refractivity contribution in [1.29, 1.82) is 0 Å². The highest BCUT2D eigenvalue weighted by Gasteiger charge is 2.44. The molecule has 1 rings (SSSR count). The zero-order valence-electron chi connectivity index (χ0n) is 21.5. The first-order chi connectivity index (χ1) is 13.8. The van der Waals surface area contributed by atoms with E-state index in [0.29, 0.717) is 0 Å². The molecular formula is C27H53N2O+. The van der Waals surface area contributed by atoms with Gasteiger partial charge in [-0.3, -0.25) is 0 Å². The molecule has 1 aliphatic heterocycles. The van der Waals surface area contributed by atoms with Gasteiger partial charge in [-0.05, 0) is 59.5 Å². The topological polar surface area (TPSA) is 21.3 Å². The molecule has 0 spiro atoms. The van der Waals surface area contributed by atoms with Crippen LogP contribution in [0.2, 0.25) is 0 Å². The van der Waals surface area contributed by atoms with E-state index in [9.17, 15) is 0 Å². The molecule has 0 atom stereocenters. The van der Waals surface area contributed by atoms with E-state index in [1.807, 2.05) is 6.92 Å². The number of allylic oxidation sites excluding steroid dienone is 1. The van der Waals surface area contributed by atoms with Crippen molar-refractivity contribution >= 4 is 0 Å². The maximum atomic E-state index is 5.57. The molecule has 30 heavy (non-hydrogen) atoms. The minimum absolute atomic E-state index is 0.243. The van der Waals surface area contributed by atoms with Gasteiger partial charge in [0.2, 0.25) is 0 Å². The van der Waals surface area contributed by atoms with Crippen molar-refractivity contribution in [3.8, 4) is 0 Å². The monoisotopic (exact) mass is 421 g/mol. The van der Waals surface area contributed by atoms with Gasteiger partial charge in [0.05, 0.1) is 33.3 Å². The Morgan fingerprint density at radius 3 is 1.73 bits per heavy atom. The molecule has 176 valence electrons. The normalized spacial score (nSPS) is 18.9. The number of ether oxygens (including phenoxy) is 1. The average Bonchev–Trinajstić information content (AvgIpc) is 2.59. The SMILES string of the molecule is C=C(C)C(=C)OCCCCCCCCCCC[N+](C)(C)C1CC(C)(C)NC(C)(C)C1. The van der Waals surface area contributed by atoms with Gasteiger partial charge < -0.3 is 14.5 Å². The predicted octanol–water partition coefficient (Wildman–Crippen LogP) is 6.99. The summed E-state index contributed by atoms with van der Waals surface area (Å²) in [7, 11) is 4.91. The van der Waals surface area contributed by atoms with Gasteiger partial charge in [0.25, 0.3) is 0 Å². The Kier molecular flexibility index (Phi) is 11.2. The first-order valence-corrected chi connectivity index (χ1v) is 12.4. The highest BCUT2D eigenvalue weighted by molar-refractivity contribution is 5.15. The molecule has 0 unspecified atom stereocenters. The van der Waals surface area contributed by atoms with E-state index in [-0.39, 0.29) is 11.1 Å². The van der Waals surface area contributed by atoms with E-state index < -0.39 is 0 Å². The van der Waals surface area contributed by atoms with Gasteiger partial charge >= 0.3 is 0 Å². The summed E-state index contributed by atoms with van der Waals surface area (Å²) in [5.74, 6) is 0.740. The summed E-state index contributed by atoms with van der Waals surface area (Å²) in [5, 5.41) is 3.83. The van der Waals surface area contributed by atoms with Crippen LogP contribution in [0, 0.1) is 0 Å². The third-order valence-electron chi connectivity index (χ3n) is 6.79. The van der Waals surface area contributed by atoms with Crippen molar-refractivity contribution in [2.45, 2.75) is 122 Å². The van der Waals surface area contributed by atoms with Gasteiger partial charge in [-0.25, -0.2) is 0 Å². The molecule has 1 N–H and O–H groups in total. The van der Waals surface area contributed by atoms with Crippen molar-refractivity contribution in [1.82, 2.24) is 5.32 Å². The number of quaternary nitrogens is 1. The van der Waals surface area contributed by atoms with Crippen LogP contribution in [-0.4, -0.2) is 48.8 Å². The molecule has 0 aromatic carbocycles. The van der Waals surface area contributed by atoms with Crippen LogP contribution in [0.25, 0.3) is 0 Å². The molecule has 0 amide bonds. The minimum Gasteiger partial charge on any atom is -0.494 e. The van der Waals surface area contributed by atoms with E-state index in [1.54, 1.807) is 0 Å². The molecule has 0 aromatic rings. The summed E-state index contributed by atoms with van der Waals surface area (Å²) >= 11 is 0. The van der Waals surface area contributed by atoms with Gasteiger partial charge in [0, 0.05) is 23.9 Å². The molecule has 0 aliphatic carbocycles. The zero-order valence-corrected chi connectivity index (χ0v) is 21.5. The number of nitrogens with zero attached hydrogens (tertiary/aromatic N) is 1. The lowest BCUT2D eigenvalue weighted by Gasteiger charge is -2.51. The second-order valence-electron chi connectivity index (χ2n) is 11.7. The fourth-order valence-corrected chi connectivity index (χ4v) is 5.12. The largest absolute Gasteiger partial charge is 0.494 e. The third-order valence-corrected chi connectivity index (χ3v) is 6.79. The maximum Gasteiger partial charge on any atom is 0.114 e. The number of hydrogen-bond donors (Lipinski definition) is 1. The highest BCUT2D eigenvalue weighted by Crippen LogP contribution is 2.33. The van der Waals surface area contributed by atoms with Crippen LogP contribution >= 0.6 is 0 Å². The average molecular weight is 422 g/mol. The van der Waals surface area contributed by atoms with Crippen LogP contribution in [-0.2, 0) is 4.74 Å². The molecule has 1 saturated heterocycles. The summed E-state index contributed by atoms with van der Waals surface area (Å²) in [6, 6.07) is 0.757. The van der Waals surface area contributed by atoms with Crippen LogP contribution in [0.5, 0.6) is 0 Å². The Bertz CT molecular complexity index is 517. The van der Waals surface area contributed by atoms with E-state index in [4.69, 9.17) is 4.74 Å². The number of rotatable bonds is 15. The van der Waals surface area contributed by atoms with E-state index in [0.717, 1.165) is 30.4 Å². The number of nitrogens with one attached hydrogen (secondary N) is 1. The van der Waals surface area contributed by atoms with Gasteiger partial charge in [0.15, 0.2) is 0 Å². The number of piperidine rings is 1. The van der Waals surface area contributed by atoms with Crippen LogP contribution in [0.15, 0.2) is 24.5 Å². The van der Waals surface area contributed by atoms with E-state index in [2.05, 4.69) is 60.3 Å². The zero-order chi connectivity index (χ0) is 22.8. The summed E-state index contributed by atoms with van der Waals surface area (Å²) in [6.07, 6.45) is 14.5. The van der Waals surface area contributed by atoms with E-state index in [1.165, 1.54) is 75.2 Å². The smallest absolute Gasteiger partial charge is 0.114 e. The summed E-state index contributed by atoms with van der Waals surface area (Å²) in [5.41, 5.74) is 1.42. The molecule has 3 nitrogen and oxygen atoms in total. The Balaban J connectivity index is 2.07. The lowest BCUT2D eigenvalue weighted by Crippen LogP contribution is -2.65.